The van der Waals surface area contributed by atoms with Crippen LogP contribution in [0.3, 0.4) is 0 Å². The Morgan fingerprint density at radius 3 is 2.33 bits per heavy atom. The van der Waals surface area contributed by atoms with Gasteiger partial charge in [0.05, 0.1) is 5.56 Å². The van der Waals surface area contributed by atoms with Gasteiger partial charge in [0.2, 0.25) is 0 Å². The van der Waals surface area contributed by atoms with E-state index in [4.69, 9.17) is 16.8 Å². The molecule has 1 atom stereocenters. The van der Waals surface area contributed by atoms with E-state index in [1.807, 2.05) is 0 Å². The molecule has 0 saturated carbocycles. The molecule has 1 aromatic rings. The Morgan fingerprint density at radius 1 is 1.33 bits per heavy atom. The molecule has 84 valence electrons. The maximum absolute atomic E-state index is 12.3. The van der Waals surface area contributed by atoms with Gasteiger partial charge in [-0.15, -0.1) is 11.6 Å². The lowest BCUT2D eigenvalue weighted by Gasteiger charge is -2.15. The summed E-state index contributed by atoms with van der Waals surface area (Å²) in [5.74, 6) is -0.163. The molecule has 1 aromatic carbocycles. The van der Waals surface area contributed by atoms with Crippen molar-refractivity contribution in [2.24, 2.45) is 0 Å². The summed E-state index contributed by atoms with van der Waals surface area (Å²) in [6.45, 7) is 0. The summed E-state index contributed by atoms with van der Waals surface area (Å²) in [5, 5.41) is 17.7. The fourth-order valence-corrected chi connectivity index (χ4v) is 1.21. The molecule has 0 aliphatic carbocycles. The van der Waals surface area contributed by atoms with Crippen LogP contribution in [0, 0.1) is 5.21 Å². The van der Waals surface area contributed by atoms with E-state index in [2.05, 4.69) is 0 Å². The van der Waals surface area contributed by atoms with Gasteiger partial charge >= 0.3 is 6.18 Å². The lowest BCUT2D eigenvalue weighted by atomic mass is 10.1. The smallest absolute Gasteiger partial charge is 0.416 e. The van der Waals surface area contributed by atoms with Crippen LogP contribution in [0.25, 0.3) is 0 Å². The van der Waals surface area contributed by atoms with Crippen LogP contribution < -0.4 is 5.23 Å². The third kappa shape index (κ3) is 3.07. The number of benzene rings is 1. The standard InChI is InChI=1S/C8H7ClF3NO2/c9-4-5-1-6(8(10,11)12)3-7(2-5)13(14)15/h1-3,13-14H,4H2. The van der Waals surface area contributed by atoms with E-state index in [0.717, 1.165) is 12.1 Å². The Kier molecular flexibility index (Phi) is 3.56. The predicted molar refractivity (Wildman–Crippen MR) is 46.8 cm³/mol. The maximum atomic E-state index is 12.3. The molecular formula is C8H7ClF3NO2. The second-order valence-electron chi connectivity index (χ2n) is 2.86. The van der Waals surface area contributed by atoms with Crippen LogP contribution in [0.5, 0.6) is 0 Å². The van der Waals surface area contributed by atoms with Crippen LogP contribution in [-0.2, 0) is 12.1 Å². The van der Waals surface area contributed by atoms with Crippen molar-refractivity contribution in [3.8, 4) is 0 Å². The first-order chi connectivity index (χ1) is 6.84. The molecule has 0 aliphatic heterocycles. The van der Waals surface area contributed by atoms with Crippen molar-refractivity contribution < 1.29 is 23.6 Å². The largest absolute Gasteiger partial charge is 0.595 e. The third-order valence-corrected chi connectivity index (χ3v) is 2.03. The second-order valence-corrected chi connectivity index (χ2v) is 3.12. The molecule has 15 heavy (non-hydrogen) atoms. The van der Waals surface area contributed by atoms with Crippen molar-refractivity contribution in [3.63, 3.8) is 0 Å². The minimum absolute atomic E-state index is 0.129. The fraction of sp³-hybridized carbons (Fsp3) is 0.250. The molecule has 0 amide bonds. The molecule has 1 unspecified atom stereocenters. The molecule has 0 heterocycles. The highest BCUT2D eigenvalue weighted by molar-refractivity contribution is 6.17. The van der Waals surface area contributed by atoms with Gasteiger partial charge in [0, 0.05) is 18.0 Å². The quantitative estimate of drug-likeness (QED) is 0.613. The van der Waals surface area contributed by atoms with E-state index in [1.54, 1.807) is 0 Å². The Bertz CT molecular complexity index is 354. The van der Waals surface area contributed by atoms with Gasteiger partial charge in [-0.05, 0) is 11.6 Å². The van der Waals surface area contributed by atoms with Gasteiger partial charge in [-0.2, -0.15) is 18.4 Å². The summed E-state index contributed by atoms with van der Waals surface area (Å²) in [7, 11) is 0. The molecule has 3 nitrogen and oxygen atoms in total. The molecule has 0 saturated heterocycles. The summed E-state index contributed by atoms with van der Waals surface area (Å²) in [4.78, 5) is 0. The maximum Gasteiger partial charge on any atom is 0.416 e. The van der Waals surface area contributed by atoms with E-state index in [1.165, 1.54) is 0 Å². The van der Waals surface area contributed by atoms with Gasteiger partial charge in [-0.25, -0.2) is 5.21 Å². The first kappa shape index (κ1) is 12.3. The lowest BCUT2D eigenvalue weighted by molar-refractivity contribution is -0.991. The number of hydrogen-bond donors (Lipinski definition) is 2. The van der Waals surface area contributed by atoms with Crippen molar-refractivity contribution >= 4 is 17.3 Å². The van der Waals surface area contributed by atoms with Gasteiger partial charge in [-0.3, -0.25) is 0 Å². The van der Waals surface area contributed by atoms with Crippen molar-refractivity contribution in [3.05, 3.63) is 34.5 Å². The van der Waals surface area contributed by atoms with E-state index in [9.17, 15) is 18.4 Å². The number of nitrogens with one attached hydrogen (secondary N) is 1. The molecule has 0 aliphatic rings. The fourth-order valence-electron chi connectivity index (χ4n) is 1.06. The topological polar surface area (TPSA) is 47.7 Å². The molecule has 0 bridgehead atoms. The number of quaternary nitrogens is 1. The average molecular weight is 242 g/mol. The number of halogens is 4. The van der Waals surface area contributed by atoms with Crippen molar-refractivity contribution in [1.82, 2.24) is 0 Å². The summed E-state index contributed by atoms with van der Waals surface area (Å²) < 4.78 is 36.9. The number of rotatable bonds is 2. The summed E-state index contributed by atoms with van der Waals surface area (Å²) in [6, 6.07) is 2.53. The first-order valence-corrected chi connectivity index (χ1v) is 4.38. The van der Waals surface area contributed by atoms with Crippen LogP contribution in [0.4, 0.5) is 18.9 Å². The summed E-state index contributed by atoms with van der Waals surface area (Å²) in [6.07, 6.45) is -4.56. The Morgan fingerprint density at radius 2 is 1.93 bits per heavy atom. The average Bonchev–Trinajstić information content (AvgIpc) is 2.15. The minimum Gasteiger partial charge on any atom is -0.595 e. The normalized spacial score (nSPS) is 14.0. The second kappa shape index (κ2) is 4.36. The van der Waals surface area contributed by atoms with E-state index >= 15 is 0 Å². The third-order valence-electron chi connectivity index (χ3n) is 1.72. The van der Waals surface area contributed by atoms with Crippen LogP contribution in [0.1, 0.15) is 11.1 Å². The highest BCUT2D eigenvalue weighted by atomic mass is 35.5. The van der Waals surface area contributed by atoms with Crippen molar-refractivity contribution in [2.45, 2.75) is 12.1 Å². The van der Waals surface area contributed by atoms with Gasteiger partial charge in [0.15, 0.2) is 5.69 Å². The zero-order valence-corrected chi connectivity index (χ0v) is 8.06. The predicted octanol–water partition coefficient (Wildman–Crippen LogP) is 1.85. The van der Waals surface area contributed by atoms with Crippen LogP contribution in [0.15, 0.2) is 18.2 Å². The summed E-state index contributed by atoms with van der Waals surface area (Å²) in [5.41, 5.74) is -1.29. The van der Waals surface area contributed by atoms with Crippen molar-refractivity contribution in [2.75, 3.05) is 0 Å². The van der Waals surface area contributed by atoms with Gasteiger partial charge in [0.25, 0.3) is 0 Å². The van der Waals surface area contributed by atoms with Gasteiger partial charge in [0.1, 0.15) is 0 Å². The lowest BCUT2D eigenvalue weighted by Crippen LogP contribution is -2.99. The van der Waals surface area contributed by atoms with E-state index < -0.39 is 22.7 Å². The first-order valence-electron chi connectivity index (χ1n) is 3.85. The molecule has 0 fully saturated rings. The molecule has 0 spiro atoms. The highest BCUT2D eigenvalue weighted by Gasteiger charge is 2.31. The zero-order chi connectivity index (χ0) is 11.6. The molecule has 0 aromatic heterocycles. The van der Waals surface area contributed by atoms with Crippen LogP contribution in [-0.4, -0.2) is 5.21 Å². The molecule has 7 heteroatoms. The molecule has 1 rings (SSSR count). The van der Waals surface area contributed by atoms with Gasteiger partial charge < -0.3 is 5.21 Å². The summed E-state index contributed by atoms with van der Waals surface area (Å²) >= 11 is 5.37. The monoisotopic (exact) mass is 241 g/mol. The van der Waals surface area contributed by atoms with Gasteiger partial charge in [-0.1, -0.05) is 0 Å². The Labute approximate surface area is 88.2 Å². The van der Waals surface area contributed by atoms with Crippen LogP contribution >= 0.6 is 11.6 Å². The number of alkyl halides is 4. The highest BCUT2D eigenvalue weighted by Crippen LogP contribution is 2.31. The zero-order valence-electron chi connectivity index (χ0n) is 7.31. The number of hydrogen-bond acceptors (Lipinski definition) is 2. The van der Waals surface area contributed by atoms with E-state index in [0.29, 0.717) is 6.07 Å². The Hall–Kier alpha value is -0.820. The van der Waals surface area contributed by atoms with Crippen molar-refractivity contribution in [1.29, 1.82) is 0 Å². The SMILES string of the molecule is [O-][NH+](O)c1cc(CCl)cc(C(F)(F)F)c1. The molecular weight excluding hydrogens is 235 g/mol. The Balaban J connectivity index is 3.23. The van der Waals surface area contributed by atoms with E-state index in [-0.39, 0.29) is 11.4 Å². The molecule has 0 radical (unpaired) electrons. The van der Waals surface area contributed by atoms with Crippen LogP contribution in [0.2, 0.25) is 0 Å². The molecule has 2 N–H and O–H groups in total. The minimum atomic E-state index is -4.56.